The van der Waals surface area contributed by atoms with Gasteiger partial charge in [0, 0.05) is 17.7 Å². The maximum atomic E-state index is 3.86. The molecule has 0 amide bonds. The van der Waals surface area contributed by atoms with Gasteiger partial charge < -0.3 is 5.32 Å². The first-order valence-electron chi connectivity index (χ1n) is 3.81. The SMILES string of the molecule is C=C(CC#CC)NC(C)(C)C. The van der Waals surface area contributed by atoms with E-state index in [1.165, 1.54) is 0 Å². The van der Waals surface area contributed by atoms with Crippen molar-refractivity contribution in [2.75, 3.05) is 0 Å². The van der Waals surface area contributed by atoms with Crippen molar-refractivity contribution in [1.82, 2.24) is 5.32 Å². The summed E-state index contributed by atoms with van der Waals surface area (Å²) in [7, 11) is 0. The Morgan fingerprint density at radius 1 is 1.45 bits per heavy atom. The molecule has 0 heterocycles. The third-order valence-electron chi connectivity index (χ3n) is 1.03. The van der Waals surface area contributed by atoms with Gasteiger partial charge in [0.25, 0.3) is 0 Å². The van der Waals surface area contributed by atoms with Crippen LogP contribution in [0.15, 0.2) is 12.3 Å². The molecule has 0 aromatic carbocycles. The van der Waals surface area contributed by atoms with Gasteiger partial charge >= 0.3 is 0 Å². The van der Waals surface area contributed by atoms with Crippen LogP contribution in [0, 0.1) is 11.8 Å². The fourth-order valence-corrected chi connectivity index (χ4v) is 0.770. The first kappa shape index (κ1) is 10.1. The minimum atomic E-state index is 0.104. The van der Waals surface area contributed by atoms with E-state index in [2.05, 4.69) is 44.5 Å². The highest BCUT2D eigenvalue weighted by Crippen LogP contribution is 2.03. The minimum absolute atomic E-state index is 0.104. The fourth-order valence-electron chi connectivity index (χ4n) is 0.770. The zero-order valence-electron chi connectivity index (χ0n) is 7.91. The quantitative estimate of drug-likeness (QED) is 0.597. The summed E-state index contributed by atoms with van der Waals surface area (Å²) in [5.74, 6) is 5.79. The van der Waals surface area contributed by atoms with Gasteiger partial charge in [-0.1, -0.05) is 12.5 Å². The second-order valence-corrected chi connectivity index (χ2v) is 3.58. The van der Waals surface area contributed by atoms with Gasteiger partial charge in [0.2, 0.25) is 0 Å². The van der Waals surface area contributed by atoms with Crippen LogP contribution < -0.4 is 5.32 Å². The zero-order chi connectivity index (χ0) is 8.91. The molecule has 1 heteroatoms. The van der Waals surface area contributed by atoms with Crippen molar-refractivity contribution in [2.24, 2.45) is 0 Å². The Morgan fingerprint density at radius 2 is 2.00 bits per heavy atom. The van der Waals surface area contributed by atoms with Crippen LogP contribution in [-0.2, 0) is 0 Å². The predicted molar refractivity (Wildman–Crippen MR) is 50.1 cm³/mol. The number of hydrogen-bond acceptors (Lipinski definition) is 1. The van der Waals surface area contributed by atoms with Crippen molar-refractivity contribution < 1.29 is 0 Å². The van der Waals surface area contributed by atoms with Gasteiger partial charge in [0.15, 0.2) is 0 Å². The Hall–Kier alpha value is -0.900. The lowest BCUT2D eigenvalue weighted by molar-refractivity contribution is 0.470. The van der Waals surface area contributed by atoms with Crippen LogP contribution in [0.25, 0.3) is 0 Å². The molecule has 0 fully saturated rings. The fraction of sp³-hybridized carbons (Fsp3) is 0.600. The largest absolute Gasteiger partial charge is 0.383 e. The molecule has 0 unspecified atom stereocenters. The van der Waals surface area contributed by atoms with Crippen LogP contribution in [0.2, 0.25) is 0 Å². The van der Waals surface area contributed by atoms with E-state index in [4.69, 9.17) is 0 Å². The van der Waals surface area contributed by atoms with Gasteiger partial charge in [-0.05, 0) is 27.7 Å². The Labute approximate surface area is 69.9 Å². The summed E-state index contributed by atoms with van der Waals surface area (Å²) in [6.07, 6.45) is 0.744. The smallest absolute Gasteiger partial charge is 0.0482 e. The van der Waals surface area contributed by atoms with Crippen LogP contribution in [-0.4, -0.2) is 5.54 Å². The number of hydrogen-bond donors (Lipinski definition) is 1. The van der Waals surface area contributed by atoms with E-state index in [1.807, 2.05) is 6.92 Å². The molecule has 0 bridgehead atoms. The maximum absolute atomic E-state index is 3.86. The van der Waals surface area contributed by atoms with Crippen LogP contribution in [0.1, 0.15) is 34.1 Å². The standard InChI is InChI=1S/C10H17N/c1-6-7-8-9(2)11-10(3,4)5/h11H,2,8H2,1,3-5H3. The number of nitrogens with one attached hydrogen (secondary N) is 1. The first-order chi connectivity index (χ1) is 4.95. The molecular formula is C10H17N. The van der Waals surface area contributed by atoms with Gasteiger partial charge in [0.05, 0.1) is 0 Å². The predicted octanol–water partition coefficient (Wildman–Crippen LogP) is 2.30. The Kier molecular flexibility index (Phi) is 3.74. The number of allylic oxidation sites excluding steroid dienone is 1. The second kappa shape index (κ2) is 4.08. The van der Waals surface area contributed by atoms with Crippen molar-refractivity contribution in [3.05, 3.63) is 12.3 Å². The summed E-state index contributed by atoms with van der Waals surface area (Å²) in [5.41, 5.74) is 1.10. The van der Waals surface area contributed by atoms with Crippen molar-refractivity contribution in [3.63, 3.8) is 0 Å². The molecule has 0 aromatic heterocycles. The highest BCUT2D eigenvalue weighted by atomic mass is 15.0. The zero-order valence-corrected chi connectivity index (χ0v) is 7.91. The molecule has 0 radical (unpaired) electrons. The van der Waals surface area contributed by atoms with E-state index in [1.54, 1.807) is 0 Å². The maximum Gasteiger partial charge on any atom is 0.0482 e. The average Bonchev–Trinajstić information content (AvgIpc) is 1.79. The average molecular weight is 151 g/mol. The molecule has 0 aliphatic rings. The molecule has 62 valence electrons. The van der Waals surface area contributed by atoms with E-state index < -0.39 is 0 Å². The van der Waals surface area contributed by atoms with Crippen LogP contribution in [0.4, 0.5) is 0 Å². The molecule has 0 rings (SSSR count). The van der Waals surface area contributed by atoms with Gasteiger partial charge in [0.1, 0.15) is 0 Å². The Bertz CT molecular complexity index is 185. The molecule has 0 saturated heterocycles. The normalized spacial score (nSPS) is 9.82. The summed E-state index contributed by atoms with van der Waals surface area (Å²) in [5, 5.41) is 3.26. The molecule has 0 saturated carbocycles. The van der Waals surface area contributed by atoms with E-state index in [0.717, 1.165) is 12.1 Å². The highest BCUT2D eigenvalue weighted by Gasteiger charge is 2.08. The molecular weight excluding hydrogens is 134 g/mol. The second-order valence-electron chi connectivity index (χ2n) is 3.58. The monoisotopic (exact) mass is 151 g/mol. The van der Waals surface area contributed by atoms with Crippen molar-refractivity contribution >= 4 is 0 Å². The molecule has 1 nitrogen and oxygen atoms in total. The molecule has 0 aliphatic carbocycles. The van der Waals surface area contributed by atoms with Gasteiger partial charge in [-0.25, -0.2) is 0 Å². The van der Waals surface area contributed by atoms with Crippen LogP contribution in [0.3, 0.4) is 0 Å². The summed E-state index contributed by atoms with van der Waals surface area (Å²) in [4.78, 5) is 0. The minimum Gasteiger partial charge on any atom is -0.383 e. The lowest BCUT2D eigenvalue weighted by Gasteiger charge is -2.22. The van der Waals surface area contributed by atoms with E-state index in [9.17, 15) is 0 Å². The molecule has 0 aromatic rings. The summed E-state index contributed by atoms with van der Waals surface area (Å²) in [6.45, 7) is 12.0. The van der Waals surface area contributed by atoms with Crippen molar-refractivity contribution in [1.29, 1.82) is 0 Å². The molecule has 0 atom stereocenters. The highest BCUT2D eigenvalue weighted by molar-refractivity contribution is 5.09. The van der Waals surface area contributed by atoms with Crippen molar-refractivity contribution in [2.45, 2.75) is 39.7 Å². The van der Waals surface area contributed by atoms with Crippen LogP contribution in [0.5, 0.6) is 0 Å². The van der Waals surface area contributed by atoms with Gasteiger partial charge in [-0.15, -0.1) is 5.92 Å². The van der Waals surface area contributed by atoms with Crippen LogP contribution >= 0.6 is 0 Å². The van der Waals surface area contributed by atoms with E-state index in [0.29, 0.717) is 0 Å². The molecule has 0 aliphatic heterocycles. The van der Waals surface area contributed by atoms with Gasteiger partial charge in [-0.2, -0.15) is 0 Å². The topological polar surface area (TPSA) is 12.0 Å². The molecule has 0 spiro atoms. The first-order valence-corrected chi connectivity index (χ1v) is 3.81. The van der Waals surface area contributed by atoms with E-state index in [-0.39, 0.29) is 5.54 Å². The lowest BCUT2D eigenvalue weighted by Crippen LogP contribution is -2.34. The lowest BCUT2D eigenvalue weighted by atomic mass is 10.1. The van der Waals surface area contributed by atoms with E-state index >= 15 is 0 Å². The Morgan fingerprint density at radius 3 is 2.36 bits per heavy atom. The van der Waals surface area contributed by atoms with Crippen molar-refractivity contribution in [3.8, 4) is 11.8 Å². The number of rotatable bonds is 2. The summed E-state index contributed by atoms with van der Waals surface area (Å²) in [6, 6.07) is 0. The third kappa shape index (κ3) is 6.99. The summed E-state index contributed by atoms with van der Waals surface area (Å²) < 4.78 is 0. The summed E-state index contributed by atoms with van der Waals surface area (Å²) >= 11 is 0. The van der Waals surface area contributed by atoms with Gasteiger partial charge in [-0.3, -0.25) is 0 Å². The molecule has 1 N–H and O–H groups in total. The Balaban J connectivity index is 3.77. The third-order valence-corrected chi connectivity index (χ3v) is 1.03. The molecule has 11 heavy (non-hydrogen) atoms.